The highest BCUT2D eigenvalue weighted by atomic mass is 35.5. The van der Waals surface area contributed by atoms with Crippen molar-refractivity contribution in [2.75, 3.05) is 5.32 Å². The van der Waals surface area contributed by atoms with Gasteiger partial charge in [-0.2, -0.15) is 0 Å². The molecule has 4 nitrogen and oxygen atoms in total. The predicted molar refractivity (Wildman–Crippen MR) is 89.9 cm³/mol. The van der Waals surface area contributed by atoms with Crippen molar-refractivity contribution in [1.29, 1.82) is 0 Å². The molecule has 0 bridgehead atoms. The quantitative estimate of drug-likeness (QED) is 0.722. The van der Waals surface area contributed by atoms with Gasteiger partial charge in [0.25, 0.3) is 0 Å². The van der Waals surface area contributed by atoms with Crippen LogP contribution in [0.15, 0.2) is 48.9 Å². The molecule has 112 valence electrons. The molecule has 0 spiro atoms. The number of hydrogen-bond donors (Lipinski definition) is 1. The molecule has 0 atom stereocenters. The summed E-state index contributed by atoms with van der Waals surface area (Å²) in [6.07, 6.45) is 5.20. The van der Waals surface area contributed by atoms with Crippen molar-refractivity contribution in [2.24, 2.45) is 0 Å². The first-order chi connectivity index (χ1) is 10.7. The Morgan fingerprint density at radius 2 is 2.18 bits per heavy atom. The summed E-state index contributed by atoms with van der Waals surface area (Å²) in [7, 11) is 0. The second-order valence-electron chi connectivity index (χ2n) is 4.70. The maximum Gasteiger partial charge on any atom is 0.183 e. The van der Waals surface area contributed by atoms with E-state index in [9.17, 15) is 0 Å². The number of aromatic nitrogens is 2. The van der Waals surface area contributed by atoms with E-state index >= 15 is 0 Å². The van der Waals surface area contributed by atoms with Crippen LogP contribution in [-0.4, -0.2) is 9.97 Å². The maximum absolute atomic E-state index is 5.82. The minimum atomic E-state index is 0.563. The number of hydrogen-bond acceptors (Lipinski definition) is 5. The van der Waals surface area contributed by atoms with Crippen molar-refractivity contribution < 1.29 is 4.74 Å². The number of halogens is 1. The molecule has 0 aliphatic carbocycles. The number of nitrogens with one attached hydrogen (secondary N) is 1. The summed E-state index contributed by atoms with van der Waals surface area (Å²) in [5.74, 6) is 1.55. The average molecular weight is 332 g/mol. The zero-order valence-electron chi connectivity index (χ0n) is 11.9. The molecule has 2 heterocycles. The minimum absolute atomic E-state index is 0.563. The summed E-state index contributed by atoms with van der Waals surface area (Å²) < 4.78 is 6.38. The molecule has 0 saturated heterocycles. The van der Waals surface area contributed by atoms with Gasteiger partial charge in [0.05, 0.1) is 12.7 Å². The van der Waals surface area contributed by atoms with Crippen molar-refractivity contribution in [1.82, 2.24) is 9.97 Å². The molecule has 0 radical (unpaired) electrons. The van der Waals surface area contributed by atoms with E-state index in [2.05, 4.69) is 15.3 Å². The second kappa shape index (κ2) is 6.77. The first-order valence-corrected chi connectivity index (χ1v) is 7.93. The Hall–Kier alpha value is -2.11. The van der Waals surface area contributed by atoms with Gasteiger partial charge in [-0.15, -0.1) is 11.3 Å². The van der Waals surface area contributed by atoms with Gasteiger partial charge in [0.2, 0.25) is 0 Å². The van der Waals surface area contributed by atoms with Gasteiger partial charge in [0, 0.05) is 23.0 Å². The summed E-state index contributed by atoms with van der Waals surface area (Å²) in [6, 6.07) is 9.72. The Kier molecular flexibility index (Phi) is 4.56. The van der Waals surface area contributed by atoms with E-state index in [0.29, 0.717) is 11.0 Å². The lowest BCUT2D eigenvalue weighted by Crippen LogP contribution is -1.98. The van der Waals surface area contributed by atoms with Crippen molar-refractivity contribution in [3.05, 3.63) is 63.8 Å². The Labute approximate surface area is 137 Å². The van der Waals surface area contributed by atoms with Crippen LogP contribution in [0, 0.1) is 6.92 Å². The minimum Gasteiger partial charge on any atom is -0.455 e. The first kappa shape index (κ1) is 14.8. The smallest absolute Gasteiger partial charge is 0.183 e. The maximum atomic E-state index is 5.82. The fraction of sp³-hybridized carbons (Fsp3) is 0.125. The summed E-state index contributed by atoms with van der Waals surface area (Å²) in [6.45, 7) is 2.72. The molecular weight excluding hydrogens is 318 g/mol. The van der Waals surface area contributed by atoms with Crippen molar-refractivity contribution in [2.45, 2.75) is 13.5 Å². The molecule has 1 N–H and O–H groups in total. The number of anilines is 1. The summed E-state index contributed by atoms with van der Waals surface area (Å²) >= 11 is 7.30. The van der Waals surface area contributed by atoms with Gasteiger partial charge >= 0.3 is 0 Å². The number of rotatable bonds is 5. The average Bonchev–Trinajstić information content (AvgIpc) is 2.94. The largest absolute Gasteiger partial charge is 0.455 e. The van der Waals surface area contributed by atoms with Gasteiger partial charge in [-0.1, -0.05) is 11.6 Å². The molecule has 3 aromatic rings. The van der Waals surface area contributed by atoms with E-state index in [1.165, 1.54) is 11.3 Å². The second-order valence-corrected chi connectivity index (χ2v) is 6.40. The zero-order valence-corrected chi connectivity index (χ0v) is 13.5. The van der Waals surface area contributed by atoms with Crippen molar-refractivity contribution >= 4 is 28.6 Å². The van der Waals surface area contributed by atoms with E-state index in [1.54, 1.807) is 18.6 Å². The lowest BCUT2D eigenvalue weighted by Gasteiger charge is -2.11. The third-order valence-corrected chi connectivity index (χ3v) is 4.14. The van der Waals surface area contributed by atoms with Gasteiger partial charge in [-0.3, -0.25) is 4.98 Å². The Balaban J connectivity index is 1.66. The monoisotopic (exact) mass is 331 g/mol. The van der Waals surface area contributed by atoms with E-state index in [-0.39, 0.29) is 0 Å². The van der Waals surface area contributed by atoms with E-state index in [4.69, 9.17) is 16.3 Å². The molecule has 0 amide bonds. The summed E-state index contributed by atoms with van der Waals surface area (Å²) in [5, 5.41) is 3.35. The zero-order chi connectivity index (χ0) is 15.4. The summed E-state index contributed by atoms with van der Waals surface area (Å²) in [4.78, 5) is 9.16. The van der Waals surface area contributed by atoms with Crippen LogP contribution in [0.4, 0.5) is 5.69 Å². The van der Waals surface area contributed by atoms with Crippen LogP contribution in [0.1, 0.15) is 10.4 Å². The number of aryl methyl sites for hydroxylation is 1. The van der Waals surface area contributed by atoms with E-state index < -0.39 is 0 Å². The SMILES string of the molecule is Cc1cc(NCc2cnc(Cl)s2)ccc1Oc1cccnc1. The van der Waals surface area contributed by atoms with Gasteiger partial charge in [0.15, 0.2) is 4.47 Å². The topological polar surface area (TPSA) is 47.0 Å². The summed E-state index contributed by atoms with van der Waals surface area (Å²) in [5.41, 5.74) is 2.08. The molecule has 22 heavy (non-hydrogen) atoms. The Morgan fingerprint density at radius 3 is 2.86 bits per heavy atom. The highest BCUT2D eigenvalue weighted by Crippen LogP contribution is 2.27. The number of thiazole rings is 1. The number of benzene rings is 1. The van der Waals surface area contributed by atoms with Crippen LogP contribution in [0.3, 0.4) is 0 Å². The first-order valence-electron chi connectivity index (χ1n) is 6.73. The van der Waals surface area contributed by atoms with Gasteiger partial charge in [-0.05, 0) is 42.8 Å². The lowest BCUT2D eigenvalue weighted by molar-refractivity contribution is 0.476. The molecule has 0 saturated carbocycles. The van der Waals surface area contributed by atoms with Gasteiger partial charge in [0.1, 0.15) is 11.5 Å². The lowest BCUT2D eigenvalue weighted by atomic mass is 10.2. The molecule has 2 aromatic heterocycles. The molecule has 0 fully saturated rings. The number of ether oxygens (including phenoxy) is 1. The van der Waals surface area contributed by atoms with Crippen LogP contribution < -0.4 is 10.1 Å². The molecule has 0 aliphatic rings. The molecular formula is C16H14ClN3OS. The van der Waals surface area contributed by atoms with Crippen LogP contribution in [-0.2, 0) is 6.54 Å². The van der Waals surface area contributed by atoms with Crippen LogP contribution >= 0.6 is 22.9 Å². The fourth-order valence-corrected chi connectivity index (χ4v) is 2.88. The molecule has 6 heteroatoms. The highest BCUT2D eigenvalue weighted by molar-refractivity contribution is 7.15. The molecule has 0 aliphatic heterocycles. The van der Waals surface area contributed by atoms with E-state index in [0.717, 1.165) is 27.6 Å². The highest BCUT2D eigenvalue weighted by Gasteiger charge is 2.04. The van der Waals surface area contributed by atoms with Gasteiger partial charge < -0.3 is 10.1 Å². The van der Waals surface area contributed by atoms with Crippen molar-refractivity contribution in [3.8, 4) is 11.5 Å². The molecule has 0 unspecified atom stereocenters. The fourth-order valence-electron chi connectivity index (χ4n) is 1.96. The number of nitrogens with zero attached hydrogens (tertiary/aromatic N) is 2. The van der Waals surface area contributed by atoms with E-state index in [1.807, 2.05) is 37.3 Å². The Morgan fingerprint density at radius 1 is 1.27 bits per heavy atom. The third-order valence-electron chi connectivity index (χ3n) is 3.03. The van der Waals surface area contributed by atoms with Crippen LogP contribution in [0.5, 0.6) is 11.5 Å². The van der Waals surface area contributed by atoms with Crippen LogP contribution in [0.25, 0.3) is 0 Å². The standard InChI is InChI=1S/C16H14ClN3OS/c1-11-7-12(19-9-14-10-20-16(17)22-14)4-5-15(11)21-13-3-2-6-18-8-13/h2-8,10,19H,9H2,1H3. The third kappa shape index (κ3) is 3.75. The molecule has 1 aromatic carbocycles. The predicted octanol–water partition coefficient (Wildman–Crippen LogP) is 4.90. The number of pyridine rings is 1. The van der Waals surface area contributed by atoms with Gasteiger partial charge in [-0.25, -0.2) is 4.98 Å². The molecule has 3 rings (SSSR count). The Bertz CT molecular complexity index is 761. The van der Waals surface area contributed by atoms with Crippen molar-refractivity contribution in [3.63, 3.8) is 0 Å². The normalized spacial score (nSPS) is 10.5. The van der Waals surface area contributed by atoms with Crippen LogP contribution in [0.2, 0.25) is 4.47 Å².